The van der Waals surface area contributed by atoms with Crippen LogP contribution in [-0.2, 0) is 0 Å². The van der Waals surface area contributed by atoms with Crippen molar-refractivity contribution in [1.29, 1.82) is 0 Å². The average molecular weight is 360 g/mol. The maximum Gasteiger partial charge on any atom is 0.123 e. The lowest BCUT2D eigenvalue weighted by Crippen LogP contribution is -2.18. The van der Waals surface area contributed by atoms with Crippen LogP contribution in [-0.4, -0.2) is 11.5 Å². The van der Waals surface area contributed by atoms with E-state index in [9.17, 15) is 4.39 Å². The smallest absolute Gasteiger partial charge is 0.123 e. The van der Waals surface area contributed by atoms with E-state index >= 15 is 0 Å². The van der Waals surface area contributed by atoms with Gasteiger partial charge in [0.05, 0.1) is 0 Å². The highest BCUT2D eigenvalue weighted by molar-refractivity contribution is 9.10. The van der Waals surface area contributed by atoms with Crippen LogP contribution in [0.1, 0.15) is 29.9 Å². The summed E-state index contributed by atoms with van der Waals surface area (Å²) in [7, 11) is 0. The molecule has 5 heteroatoms. The fourth-order valence-electron chi connectivity index (χ4n) is 2.26. The zero-order chi connectivity index (χ0) is 13.8. The molecule has 20 heavy (non-hydrogen) atoms. The number of hydrogen-bond donors (Lipinski definition) is 1. The molecule has 2 aromatic rings. The van der Waals surface area contributed by atoms with Crippen molar-refractivity contribution in [2.75, 3.05) is 6.54 Å². The molecule has 0 aliphatic carbocycles. The fraction of sp³-hybridized carbons (Fsp3) is 0.267. The Morgan fingerprint density at radius 2 is 1.85 bits per heavy atom. The first-order chi connectivity index (χ1) is 9.11. The number of aromatic nitrogens is 1. The van der Waals surface area contributed by atoms with Gasteiger partial charge in [-0.15, -0.1) is 12.4 Å². The largest absolute Gasteiger partial charge is 0.330 e. The predicted octanol–water partition coefficient (Wildman–Crippen LogP) is 4.25. The maximum absolute atomic E-state index is 13.0. The second-order valence-corrected chi connectivity index (χ2v) is 5.53. The van der Waals surface area contributed by atoms with Crippen LogP contribution in [0.15, 0.2) is 47.2 Å². The maximum atomic E-state index is 13.0. The monoisotopic (exact) mass is 358 g/mol. The van der Waals surface area contributed by atoms with Crippen LogP contribution in [0, 0.1) is 5.82 Å². The van der Waals surface area contributed by atoms with Crippen LogP contribution >= 0.6 is 28.3 Å². The Bertz CT molecular complexity index is 548. The van der Waals surface area contributed by atoms with Crippen molar-refractivity contribution in [1.82, 2.24) is 4.98 Å². The highest BCUT2D eigenvalue weighted by Gasteiger charge is 2.20. The lowest BCUT2D eigenvalue weighted by atomic mass is 9.83. The molecule has 2 rings (SSSR count). The summed E-state index contributed by atoms with van der Waals surface area (Å²) < 4.78 is 13.9. The van der Waals surface area contributed by atoms with Gasteiger partial charge in [0, 0.05) is 22.8 Å². The van der Waals surface area contributed by atoms with E-state index in [2.05, 4.69) is 27.8 Å². The minimum absolute atomic E-state index is 0. The molecular weight excluding hydrogens is 343 g/mol. The lowest BCUT2D eigenvalue weighted by Gasteiger charge is -2.23. The topological polar surface area (TPSA) is 38.9 Å². The summed E-state index contributed by atoms with van der Waals surface area (Å²) in [6.45, 7) is 2.63. The number of hydrogen-bond acceptors (Lipinski definition) is 2. The van der Waals surface area contributed by atoms with E-state index in [1.54, 1.807) is 6.20 Å². The minimum Gasteiger partial charge on any atom is -0.330 e. The molecular formula is C15H17BrClFN2. The van der Waals surface area contributed by atoms with E-state index in [1.165, 1.54) is 12.1 Å². The van der Waals surface area contributed by atoms with Gasteiger partial charge in [-0.3, -0.25) is 4.98 Å². The van der Waals surface area contributed by atoms with Crippen LogP contribution in [0.2, 0.25) is 0 Å². The third kappa shape index (κ3) is 4.01. The van der Waals surface area contributed by atoms with Gasteiger partial charge in [0.2, 0.25) is 0 Å². The van der Waals surface area contributed by atoms with Gasteiger partial charge in [-0.05, 0) is 57.7 Å². The Morgan fingerprint density at radius 3 is 2.40 bits per heavy atom. The predicted molar refractivity (Wildman–Crippen MR) is 85.8 cm³/mol. The number of nitrogens with two attached hydrogens (primary N) is 1. The molecule has 2 N–H and O–H groups in total. The van der Waals surface area contributed by atoms with Crippen molar-refractivity contribution < 1.29 is 4.39 Å². The molecule has 0 radical (unpaired) electrons. The van der Waals surface area contributed by atoms with Gasteiger partial charge < -0.3 is 5.73 Å². The molecule has 1 aromatic heterocycles. The SMILES string of the molecule is CC(c1ccc(F)cc1)C(CN)c1cncc(Br)c1.Cl. The molecule has 0 saturated heterocycles. The molecule has 0 aliphatic rings. The second-order valence-electron chi connectivity index (χ2n) is 4.62. The van der Waals surface area contributed by atoms with Crippen molar-refractivity contribution in [3.63, 3.8) is 0 Å². The van der Waals surface area contributed by atoms with Crippen LogP contribution in [0.5, 0.6) is 0 Å². The zero-order valence-corrected chi connectivity index (χ0v) is 13.5. The standard InChI is InChI=1S/C15H16BrFN2.ClH/c1-10(11-2-4-14(17)5-3-11)15(7-18)12-6-13(16)9-19-8-12;/h2-6,8-10,15H,7,18H2,1H3;1H. The quantitative estimate of drug-likeness (QED) is 0.886. The minimum atomic E-state index is -0.218. The second kappa shape index (κ2) is 7.72. The fourth-order valence-corrected chi connectivity index (χ4v) is 2.64. The Labute approximate surface area is 133 Å². The Hall–Kier alpha value is -0.970. The average Bonchev–Trinajstić information content (AvgIpc) is 2.40. The molecule has 0 spiro atoms. The molecule has 0 aliphatic heterocycles. The number of nitrogens with zero attached hydrogens (tertiary/aromatic N) is 1. The van der Waals surface area contributed by atoms with Crippen molar-refractivity contribution in [2.45, 2.75) is 18.8 Å². The summed E-state index contributed by atoms with van der Waals surface area (Å²) in [5.74, 6) is 0.154. The number of rotatable bonds is 4. The molecule has 1 heterocycles. The van der Waals surface area contributed by atoms with Gasteiger partial charge in [-0.1, -0.05) is 19.1 Å². The third-order valence-electron chi connectivity index (χ3n) is 3.41. The van der Waals surface area contributed by atoms with E-state index in [0.29, 0.717) is 6.54 Å². The molecule has 0 fully saturated rings. The van der Waals surface area contributed by atoms with E-state index in [0.717, 1.165) is 15.6 Å². The van der Waals surface area contributed by atoms with Crippen LogP contribution in [0.4, 0.5) is 4.39 Å². The van der Waals surface area contributed by atoms with E-state index in [4.69, 9.17) is 5.73 Å². The van der Waals surface area contributed by atoms with Crippen molar-refractivity contribution in [2.24, 2.45) is 5.73 Å². The highest BCUT2D eigenvalue weighted by Crippen LogP contribution is 2.32. The summed E-state index contributed by atoms with van der Waals surface area (Å²) in [4.78, 5) is 4.18. The van der Waals surface area contributed by atoms with E-state index in [-0.39, 0.29) is 30.1 Å². The molecule has 0 bridgehead atoms. The molecule has 2 nitrogen and oxygen atoms in total. The lowest BCUT2D eigenvalue weighted by molar-refractivity contribution is 0.578. The Kier molecular flexibility index (Phi) is 6.59. The molecule has 108 valence electrons. The summed E-state index contributed by atoms with van der Waals surface area (Å²) >= 11 is 3.42. The van der Waals surface area contributed by atoms with Gasteiger partial charge >= 0.3 is 0 Å². The molecule has 0 saturated carbocycles. The van der Waals surface area contributed by atoms with Crippen LogP contribution in [0.3, 0.4) is 0 Å². The van der Waals surface area contributed by atoms with Gasteiger partial charge in [-0.25, -0.2) is 4.39 Å². The molecule has 2 atom stereocenters. The molecule has 0 amide bonds. The van der Waals surface area contributed by atoms with Crippen molar-refractivity contribution in [3.05, 3.63) is 64.1 Å². The Balaban J connectivity index is 0.00000200. The third-order valence-corrected chi connectivity index (χ3v) is 3.84. The number of halogens is 3. The van der Waals surface area contributed by atoms with Crippen LogP contribution in [0.25, 0.3) is 0 Å². The van der Waals surface area contributed by atoms with Crippen LogP contribution < -0.4 is 5.73 Å². The number of pyridine rings is 1. The van der Waals surface area contributed by atoms with Gasteiger partial charge in [0.25, 0.3) is 0 Å². The number of benzene rings is 1. The zero-order valence-electron chi connectivity index (χ0n) is 11.1. The van der Waals surface area contributed by atoms with Gasteiger partial charge in [-0.2, -0.15) is 0 Å². The van der Waals surface area contributed by atoms with Crippen molar-refractivity contribution in [3.8, 4) is 0 Å². The normalized spacial score (nSPS) is 13.4. The first-order valence-electron chi connectivity index (χ1n) is 6.17. The summed E-state index contributed by atoms with van der Waals surface area (Å²) in [5, 5.41) is 0. The molecule has 2 unspecified atom stereocenters. The first kappa shape index (κ1) is 17.1. The highest BCUT2D eigenvalue weighted by atomic mass is 79.9. The summed E-state index contributed by atoms with van der Waals surface area (Å²) in [6.07, 6.45) is 3.59. The van der Waals surface area contributed by atoms with E-state index in [1.807, 2.05) is 24.4 Å². The summed E-state index contributed by atoms with van der Waals surface area (Å²) in [5.41, 5.74) is 8.08. The van der Waals surface area contributed by atoms with E-state index < -0.39 is 0 Å². The summed E-state index contributed by atoms with van der Waals surface area (Å²) in [6, 6.07) is 8.63. The van der Waals surface area contributed by atoms with Gasteiger partial charge in [0.15, 0.2) is 0 Å². The molecule has 1 aromatic carbocycles. The van der Waals surface area contributed by atoms with Crippen molar-refractivity contribution >= 4 is 28.3 Å². The van der Waals surface area contributed by atoms with Gasteiger partial charge in [0.1, 0.15) is 5.82 Å². The Morgan fingerprint density at radius 1 is 1.20 bits per heavy atom. The first-order valence-corrected chi connectivity index (χ1v) is 6.97.